The summed E-state index contributed by atoms with van der Waals surface area (Å²) >= 11 is 0. The maximum absolute atomic E-state index is 12.4. The number of rotatable bonds is 6. The summed E-state index contributed by atoms with van der Waals surface area (Å²) in [4.78, 5) is 12.4. The van der Waals surface area contributed by atoms with Crippen LogP contribution < -0.4 is 0 Å². The second kappa shape index (κ2) is 6.40. The fourth-order valence-electron chi connectivity index (χ4n) is 2.78. The molecule has 18 heavy (non-hydrogen) atoms. The van der Waals surface area contributed by atoms with Gasteiger partial charge in [0.15, 0.2) is 0 Å². The number of hydrogen-bond acceptors (Lipinski definition) is 2. The van der Waals surface area contributed by atoms with E-state index in [0.717, 1.165) is 44.9 Å². The lowest BCUT2D eigenvalue weighted by Crippen LogP contribution is -2.40. The van der Waals surface area contributed by atoms with Crippen molar-refractivity contribution in [1.82, 2.24) is 0 Å². The molecule has 0 aromatic heterocycles. The van der Waals surface area contributed by atoms with Crippen LogP contribution in [0.1, 0.15) is 72.1 Å². The van der Waals surface area contributed by atoms with E-state index in [9.17, 15) is 4.79 Å². The van der Waals surface area contributed by atoms with E-state index in [2.05, 4.69) is 20.4 Å². The third kappa shape index (κ3) is 3.37. The molecule has 0 aliphatic heterocycles. The quantitative estimate of drug-likeness (QED) is 0.508. The van der Waals surface area contributed by atoms with Crippen molar-refractivity contribution in [2.24, 2.45) is 5.41 Å². The summed E-state index contributed by atoms with van der Waals surface area (Å²) in [6, 6.07) is 0. The van der Waals surface area contributed by atoms with Gasteiger partial charge in [-0.3, -0.25) is 4.79 Å². The van der Waals surface area contributed by atoms with Gasteiger partial charge in [-0.15, -0.1) is 0 Å². The van der Waals surface area contributed by atoms with Crippen LogP contribution in [-0.4, -0.2) is 11.6 Å². The fraction of sp³-hybridized carbons (Fsp3) is 0.812. The molecule has 0 heterocycles. The number of hydrogen-bond donors (Lipinski definition) is 0. The molecule has 1 saturated carbocycles. The zero-order valence-electron chi connectivity index (χ0n) is 12.3. The first-order valence-corrected chi connectivity index (χ1v) is 7.39. The van der Waals surface area contributed by atoms with E-state index >= 15 is 0 Å². The number of carbonyl (C=O) groups is 1. The standard InChI is InChI=1S/C16H28O2/c1-5-11-15(4,6-2)14(17)18-16(7-3)12-9-8-10-13-16/h7H,3,5-6,8-13H2,1-2,4H3. The van der Waals surface area contributed by atoms with Gasteiger partial charge in [0.1, 0.15) is 5.60 Å². The first-order valence-electron chi connectivity index (χ1n) is 7.39. The number of carbonyl (C=O) groups excluding carboxylic acids is 1. The van der Waals surface area contributed by atoms with Gasteiger partial charge in [-0.25, -0.2) is 0 Å². The molecule has 1 unspecified atom stereocenters. The predicted molar refractivity (Wildman–Crippen MR) is 75.4 cm³/mol. The topological polar surface area (TPSA) is 26.3 Å². The molecule has 0 saturated heterocycles. The van der Waals surface area contributed by atoms with E-state index in [0.29, 0.717) is 0 Å². The van der Waals surface area contributed by atoms with Crippen molar-refractivity contribution in [2.45, 2.75) is 77.7 Å². The molecule has 0 aromatic rings. The van der Waals surface area contributed by atoms with Crippen LogP contribution in [0, 0.1) is 5.41 Å². The zero-order valence-corrected chi connectivity index (χ0v) is 12.3. The molecule has 2 nitrogen and oxygen atoms in total. The second-order valence-electron chi connectivity index (χ2n) is 5.88. The van der Waals surface area contributed by atoms with Gasteiger partial charge in [-0.2, -0.15) is 0 Å². The Morgan fingerprint density at radius 1 is 1.33 bits per heavy atom. The van der Waals surface area contributed by atoms with Gasteiger partial charge in [0.05, 0.1) is 5.41 Å². The Bertz CT molecular complexity index is 289. The molecule has 0 N–H and O–H groups in total. The van der Waals surface area contributed by atoms with Gasteiger partial charge < -0.3 is 4.74 Å². The molecule has 2 heteroatoms. The van der Waals surface area contributed by atoms with Gasteiger partial charge in [-0.1, -0.05) is 33.3 Å². The number of esters is 1. The summed E-state index contributed by atoms with van der Waals surface area (Å²) in [5.74, 6) is -0.0337. The monoisotopic (exact) mass is 252 g/mol. The summed E-state index contributed by atoms with van der Waals surface area (Å²) in [7, 11) is 0. The lowest BCUT2D eigenvalue weighted by molar-refractivity contribution is -0.170. The molecule has 1 atom stereocenters. The molecule has 1 rings (SSSR count). The van der Waals surface area contributed by atoms with Crippen LogP contribution in [0.5, 0.6) is 0 Å². The second-order valence-corrected chi connectivity index (χ2v) is 5.88. The summed E-state index contributed by atoms with van der Waals surface area (Å²) in [5, 5.41) is 0. The Morgan fingerprint density at radius 3 is 2.39 bits per heavy atom. The molecular weight excluding hydrogens is 224 g/mol. The Morgan fingerprint density at radius 2 is 1.94 bits per heavy atom. The molecule has 1 aliphatic carbocycles. The molecule has 0 bridgehead atoms. The fourth-order valence-corrected chi connectivity index (χ4v) is 2.78. The zero-order chi connectivity index (χ0) is 13.6. The van der Waals surface area contributed by atoms with Crippen LogP contribution in [0.3, 0.4) is 0 Å². The third-order valence-corrected chi connectivity index (χ3v) is 4.44. The van der Waals surface area contributed by atoms with Crippen molar-refractivity contribution in [3.05, 3.63) is 12.7 Å². The van der Waals surface area contributed by atoms with E-state index in [4.69, 9.17) is 4.74 Å². The van der Waals surface area contributed by atoms with Crippen molar-refractivity contribution in [2.75, 3.05) is 0 Å². The van der Waals surface area contributed by atoms with Crippen LogP contribution in [-0.2, 0) is 9.53 Å². The minimum atomic E-state index is -0.389. The lowest BCUT2D eigenvalue weighted by atomic mass is 9.81. The van der Waals surface area contributed by atoms with E-state index in [-0.39, 0.29) is 17.0 Å². The highest BCUT2D eigenvalue weighted by Crippen LogP contribution is 2.37. The molecular formula is C16H28O2. The van der Waals surface area contributed by atoms with Crippen molar-refractivity contribution in [3.63, 3.8) is 0 Å². The van der Waals surface area contributed by atoms with Crippen molar-refractivity contribution < 1.29 is 9.53 Å². The van der Waals surface area contributed by atoms with E-state index in [1.54, 1.807) is 0 Å². The average molecular weight is 252 g/mol. The smallest absolute Gasteiger partial charge is 0.312 e. The van der Waals surface area contributed by atoms with E-state index in [1.165, 1.54) is 6.42 Å². The Hall–Kier alpha value is -0.790. The minimum absolute atomic E-state index is 0.0337. The van der Waals surface area contributed by atoms with Crippen molar-refractivity contribution in [3.8, 4) is 0 Å². The van der Waals surface area contributed by atoms with Crippen LogP contribution in [0.25, 0.3) is 0 Å². The first-order chi connectivity index (χ1) is 8.52. The van der Waals surface area contributed by atoms with Gasteiger partial charge in [-0.05, 0) is 51.5 Å². The Balaban J connectivity index is 2.74. The summed E-state index contributed by atoms with van der Waals surface area (Å²) in [6.07, 6.45) is 10.00. The largest absolute Gasteiger partial charge is 0.454 e. The van der Waals surface area contributed by atoms with Crippen LogP contribution >= 0.6 is 0 Å². The van der Waals surface area contributed by atoms with Crippen LogP contribution in [0.2, 0.25) is 0 Å². The average Bonchev–Trinajstić information content (AvgIpc) is 2.39. The molecule has 104 valence electrons. The third-order valence-electron chi connectivity index (χ3n) is 4.44. The summed E-state index contributed by atoms with van der Waals surface area (Å²) in [6.45, 7) is 10.1. The normalized spacial score (nSPS) is 21.9. The first kappa shape index (κ1) is 15.3. The van der Waals surface area contributed by atoms with Gasteiger partial charge in [0.2, 0.25) is 0 Å². The summed E-state index contributed by atoms with van der Waals surface area (Å²) in [5.41, 5.74) is -0.721. The van der Waals surface area contributed by atoms with Gasteiger partial charge in [0, 0.05) is 0 Å². The van der Waals surface area contributed by atoms with Gasteiger partial charge >= 0.3 is 5.97 Å². The SMILES string of the molecule is C=CC1(OC(=O)C(C)(CC)CCC)CCCCC1. The predicted octanol–water partition coefficient (Wildman–Crippen LogP) is 4.63. The Kier molecular flexibility index (Phi) is 5.43. The maximum Gasteiger partial charge on any atom is 0.312 e. The molecule has 0 amide bonds. The van der Waals surface area contributed by atoms with Crippen molar-refractivity contribution >= 4 is 5.97 Å². The molecule has 1 aliphatic rings. The lowest BCUT2D eigenvalue weighted by Gasteiger charge is -2.37. The van der Waals surface area contributed by atoms with Crippen LogP contribution in [0.4, 0.5) is 0 Å². The highest BCUT2D eigenvalue weighted by Gasteiger charge is 2.39. The van der Waals surface area contributed by atoms with E-state index < -0.39 is 0 Å². The molecule has 0 spiro atoms. The molecule has 0 radical (unpaired) electrons. The van der Waals surface area contributed by atoms with Crippen molar-refractivity contribution in [1.29, 1.82) is 0 Å². The minimum Gasteiger partial charge on any atom is -0.454 e. The molecule has 0 aromatic carbocycles. The highest BCUT2D eigenvalue weighted by atomic mass is 16.6. The molecule has 1 fully saturated rings. The van der Waals surface area contributed by atoms with Gasteiger partial charge in [0.25, 0.3) is 0 Å². The highest BCUT2D eigenvalue weighted by molar-refractivity contribution is 5.77. The number of ether oxygens (including phenoxy) is 1. The summed E-state index contributed by atoms with van der Waals surface area (Å²) < 4.78 is 5.88. The maximum atomic E-state index is 12.4. The van der Waals surface area contributed by atoms with Crippen LogP contribution in [0.15, 0.2) is 12.7 Å². The van der Waals surface area contributed by atoms with E-state index in [1.807, 2.05) is 13.0 Å². The Labute approximate surface area is 112 Å².